The molecule has 0 spiro atoms. The topological polar surface area (TPSA) is 29.5 Å². The van der Waals surface area contributed by atoms with Gasteiger partial charge in [-0.3, -0.25) is 4.79 Å². The molecule has 0 aromatic heterocycles. The molecular weight excluding hydrogens is 461 g/mol. The molecule has 3 nitrogen and oxygen atoms in total. The van der Waals surface area contributed by atoms with Crippen molar-refractivity contribution in [3.8, 4) is 5.75 Å². The summed E-state index contributed by atoms with van der Waals surface area (Å²) in [5.41, 5.74) is 2.06. The summed E-state index contributed by atoms with van der Waals surface area (Å²) in [7, 11) is 0. The number of carbonyl (C=O) groups excluding carboxylic acids is 1. The quantitative estimate of drug-likeness (QED) is 0.198. The summed E-state index contributed by atoms with van der Waals surface area (Å²) in [6.45, 7) is 1.46. The Kier molecular flexibility index (Phi) is 11.1. The molecule has 0 saturated carbocycles. The summed E-state index contributed by atoms with van der Waals surface area (Å²) in [5.74, 6) is 2.46. The van der Waals surface area contributed by atoms with Crippen molar-refractivity contribution in [2.24, 2.45) is 0 Å². The van der Waals surface area contributed by atoms with Crippen LogP contribution in [0.3, 0.4) is 0 Å². The lowest BCUT2D eigenvalue weighted by Gasteiger charge is -2.34. The van der Waals surface area contributed by atoms with Gasteiger partial charge < -0.3 is 9.64 Å². The van der Waals surface area contributed by atoms with Crippen molar-refractivity contribution in [1.29, 1.82) is 0 Å². The van der Waals surface area contributed by atoms with Gasteiger partial charge in [0.15, 0.2) is 0 Å². The molecule has 1 aliphatic rings. The van der Waals surface area contributed by atoms with Crippen LogP contribution in [0, 0.1) is 0 Å². The smallest absolute Gasteiger partial charge is 0.245 e. The summed E-state index contributed by atoms with van der Waals surface area (Å²) in [6, 6.07) is 16.3. The summed E-state index contributed by atoms with van der Waals surface area (Å²) in [6.07, 6.45) is 8.62. The van der Waals surface area contributed by atoms with Crippen molar-refractivity contribution in [3.05, 3.63) is 54.1 Å². The van der Waals surface area contributed by atoms with Crippen LogP contribution in [0.2, 0.25) is 0 Å². The van der Waals surface area contributed by atoms with E-state index in [2.05, 4.69) is 12.1 Å². The molecule has 0 N–H and O–H groups in total. The molecule has 2 aromatic carbocycles. The van der Waals surface area contributed by atoms with E-state index >= 15 is 0 Å². The van der Waals surface area contributed by atoms with Gasteiger partial charge in [-0.2, -0.15) is 0 Å². The number of ether oxygens (including phenoxy) is 1. The van der Waals surface area contributed by atoms with Gasteiger partial charge >= 0.3 is 0 Å². The van der Waals surface area contributed by atoms with Gasteiger partial charge in [0.05, 0.1) is 12.3 Å². The van der Waals surface area contributed by atoms with Crippen LogP contribution < -0.4 is 9.64 Å². The van der Waals surface area contributed by atoms with Crippen LogP contribution in [0.1, 0.15) is 62.2 Å². The van der Waals surface area contributed by atoms with Gasteiger partial charge in [0, 0.05) is 23.2 Å². The number of amides is 1. The Morgan fingerprint density at radius 2 is 1.47 bits per heavy atom. The monoisotopic (exact) mass is 493 g/mol. The van der Waals surface area contributed by atoms with E-state index in [9.17, 15) is 4.79 Å². The Bertz CT molecular complexity index is 831. The number of nitrogens with zero attached hydrogens (tertiary/aromatic N) is 1. The minimum atomic E-state index is -0.225. The first-order valence-electron chi connectivity index (χ1n) is 11.7. The van der Waals surface area contributed by atoms with E-state index in [1.165, 1.54) is 0 Å². The number of hydrogen-bond donors (Lipinski definition) is 0. The Balaban J connectivity index is 1.61. The summed E-state index contributed by atoms with van der Waals surface area (Å²) in [4.78, 5) is 16.6. The van der Waals surface area contributed by atoms with Crippen LogP contribution in [0.5, 0.6) is 5.75 Å². The number of fused-ring (bicyclic) bond motifs is 1. The van der Waals surface area contributed by atoms with Crippen molar-refractivity contribution in [3.63, 3.8) is 0 Å². The molecule has 174 valence electrons. The molecule has 1 heterocycles. The van der Waals surface area contributed by atoms with E-state index in [-0.39, 0.29) is 11.2 Å². The molecule has 0 radical (unpaired) electrons. The SMILES string of the molecule is O=C1C(c2ccc(OCCCCCCCl)cc2)Sc2ccccc2N1CCCCCCCl. The molecule has 1 atom stereocenters. The van der Waals surface area contributed by atoms with E-state index < -0.39 is 0 Å². The second kappa shape index (κ2) is 14.0. The zero-order valence-corrected chi connectivity index (χ0v) is 20.9. The Morgan fingerprint density at radius 1 is 0.812 bits per heavy atom. The number of para-hydroxylation sites is 1. The lowest BCUT2D eigenvalue weighted by atomic mass is 10.1. The predicted molar refractivity (Wildman–Crippen MR) is 138 cm³/mol. The predicted octanol–water partition coefficient (Wildman–Crippen LogP) is 7.84. The molecule has 2 aromatic rings. The van der Waals surface area contributed by atoms with Crippen LogP contribution >= 0.6 is 35.0 Å². The lowest BCUT2D eigenvalue weighted by molar-refractivity contribution is -0.118. The van der Waals surface area contributed by atoms with E-state index in [4.69, 9.17) is 27.9 Å². The average Bonchev–Trinajstić information content (AvgIpc) is 2.82. The highest BCUT2D eigenvalue weighted by atomic mass is 35.5. The van der Waals surface area contributed by atoms with Gasteiger partial charge in [0.1, 0.15) is 11.0 Å². The fourth-order valence-electron chi connectivity index (χ4n) is 3.86. The van der Waals surface area contributed by atoms with Crippen molar-refractivity contribution in [1.82, 2.24) is 0 Å². The number of halogens is 2. The molecule has 1 amide bonds. The molecule has 0 bridgehead atoms. The molecule has 0 fully saturated rings. The second-order valence-electron chi connectivity index (χ2n) is 8.08. The number of alkyl halides is 2. The lowest BCUT2D eigenvalue weighted by Crippen LogP contribution is -2.38. The maximum atomic E-state index is 13.4. The molecule has 0 saturated heterocycles. The minimum Gasteiger partial charge on any atom is -0.494 e. The maximum Gasteiger partial charge on any atom is 0.245 e. The largest absolute Gasteiger partial charge is 0.494 e. The molecule has 3 rings (SSSR count). The fourth-order valence-corrected chi connectivity index (χ4v) is 5.46. The second-order valence-corrected chi connectivity index (χ2v) is 9.98. The fraction of sp³-hybridized carbons (Fsp3) is 0.500. The number of unbranched alkanes of at least 4 members (excludes halogenated alkanes) is 6. The molecular formula is C26H33Cl2NO2S. The summed E-state index contributed by atoms with van der Waals surface area (Å²) in [5, 5.41) is -0.225. The Labute approximate surface area is 206 Å². The van der Waals surface area contributed by atoms with Crippen LogP contribution in [-0.2, 0) is 4.79 Å². The standard InChI is InChI=1S/C26H33Cl2NO2S/c27-17-7-1-3-9-19-29-23-11-5-6-12-24(23)32-25(26(29)30)21-13-15-22(16-14-21)31-20-10-4-2-8-18-28/h5-6,11-16,25H,1-4,7-10,17-20H2. The van der Waals surface area contributed by atoms with Crippen molar-refractivity contribution >= 4 is 46.6 Å². The normalized spacial score (nSPS) is 15.6. The van der Waals surface area contributed by atoms with E-state index in [1.807, 2.05) is 41.3 Å². The zero-order chi connectivity index (χ0) is 22.6. The third-order valence-corrected chi connectivity index (χ3v) is 7.48. The highest BCUT2D eigenvalue weighted by Gasteiger charge is 2.34. The Hall–Kier alpha value is -1.36. The minimum absolute atomic E-state index is 0.166. The molecule has 1 aliphatic heterocycles. The van der Waals surface area contributed by atoms with E-state index in [0.29, 0.717) is 12.5 Å². The van der Waals surface area contributed by atoms with Gasteiger partial charge in [-0.25, -0.2) is 0 Å². The number of benzene rings is 2. The number of carbonyl (C=O) groups is 1. The molecule has 32 heavy (non-hydrogen) atoms. The van der Waals surface area contributed by atoms with Crippen molar-refractivity contribution in [2.45, 2.75) is 61.5 Å². The van der Waals surface area contributed by atoms with E-state index in [1.54, 1.807) is 11.8 Å². The highest BCUT2D eigenvalue weighted by molar-refractivity contribution is 8.00. The third kappa shape index (κ3) is 7.33. The molecule has 1 unspecified atom stereocenters. The van der Waals surface area contributed by atoms with Gasteiger partial charge in [0.2, 0.25) is 5.91 Å². The average molecular weight is 495 g/mol. The molecule has 0 aliphatic carbocycles. The highest BCUT2D eigenvalue weighted by Crippen LogP contribution is 2.46. The van der Waals surface area contributed by atoms with Gasteiger partial charge in [0.25, 0.3) is 0 Å². The first-order valence-corrected chi connectivity index (χ1v) is 13.6. The van der Waals surface area contributed by atoms with Crippen molar-refractivity contribution in [2.75, 3.05) is 29.8 Å². The van der Waals surface area contributed by atoms with Crippen LogP contribution in [0.4, 0.5) is 5.69 Å². The van der Waals surface area contributed by atoms with Crippen LogP contribution in [0.15, 0.2) is 53.4 Å². The van der Waals surface area contributed by atoms with Crippen LogP contribution in [0.25, 0.3) is 0 Å². The van der Waals surface area contributed by atoms with Crippen LogP contribution in [-0.4, -0.2) is 30.8 Å². The third-order valence-electron chi connectivity index (χ3n) is 5.64. The first-order chi connectivity index (χ1) is 15.7. The maximum absolute atomic E-state index is 13.4. The van der Waals surface area contributed by atoms with E-state index in [0.717, 1.165) is 85.7 Å². The molecule has 6 heteroatoms. The first kappa shape index (κ1) is 25.3. The number of hydrogen-bond acceptors (Lipinski definition) is 3. The summed E-state index contributed by atoms with van der Waals surface area (Å²) < 4.78 is 5.87. The zero-order valence-electron chi connectivity index (χ0n) is 18.6. The Morgan fingerprint density at radius 3 is 2.19 bits per heavy atom. The number of thioether (sulfide) groups is 1. The number of anilines is 1. The van der Waals surface area contributed by atoms with Gasteiger partial charge in [-0.15, -0.1) is 35.0 Å². The summed E-state index contributed by atoms with van der Waals surface area (Å²) >= 11 is 13.1. The van der Waals surface area contributed by atoms with Gasteiger partial charge in [-0.05, 0) is 55.5 Å². The number of rotatable bonds is 14. The van der Waals surface area contributed by atoms with Crippen molar-refractivity contribution < 1.29 is 9.53 Å². The van der Waals surface area contributed by atoms with Gasteiger partial charge in [-0.1, -0.05) is 49.9 Å².